The highest BCUT2D eigenvalue weighted by Gasteiger charge is 2.10. The van der Waals surface area contributed by atoms with Crippen LogP contribution in [0.15, 0.2) is 66.3 Å². The number of amides is 2. The van der Waals surface area contributed by atoms with Crippen molar-refractivity contribution in [1.29, 1.82) is 0 Å². The van der Waals surface area contributed by atoms with Crippen molar-refractivity contribution in [1.82, 2.24) is 10.7 Å². The first kappa shape index (κ1) is 18.9. The lowest BCUT2D eigenvalue weighted by Gasteiger charge is -2.06. The van der Waals surface area contributed by atoms with Crippen molar-refractivity contribution in [3.63, 3.8) is 0 Å². The molecule has 0 aliphatic carbocycles. The Kier molecular flexibility index (Phi) is 7.05. The molecule has 0 bridgehead atoms. The van der Waals surface area contributed by atoms with Crippen molar-refractivity contribution in [2.24, 2.45) is 5.10 Å². The lowest BCUT2D eigenvalue weighted by molar-refractivity contribution is -0.139. The molecule has 0 saturated heterocycles. The molecule has 26 heavy (non-hydrogen) atoms. The van der Waals surface area contributed by atoms with Crippen LogP contribution in [0.3, 0.4) is 0 Å². The first-order chi connectivity index (χ1) is 12.6. The molecule has 0 spiro atoms. The van der Waals surface area contributed by atoms with E-state index in [1.165, 1.54) is 24.4 Å². The number of carbonyl (C=O) groups excluding carboxylic acids is 2. The summed E-state index contributed by atoms with van der Waals surface area (Å²) >= 11 is 0. The SMILES string of the molecule is C=CCNC(=O)C(=O)N/N=C\c1ccc(OCc2ccc(F)cc2)cc1. The molecule has 0 aromatic heterocycles. The summed E-state index contributed by atoms with van der Waals surface area (Å²) in [4.78, 5) is 22.7. The number of nitrogens with zero attached hydrogens (tertiary/aromatic N) is 1. The van der Waals surface area contributed by atoms with Crippen molar-refractivity contribution in [3.8, 4) is 5.75 Å². The number of halogens is 1. The first-order valence-electron chi connectivity index (χ1n) is 7.78. The third-order valence-electron chi connectivity index (χ3n) is 3.19. The molecule has 0 fully saturated rings. The van der Waals surface area contributed by atoms with Gasteiger partial charge in [0.15, 0.2) is 0 Å². The normalized spacial score (nSPS) is 10.3. The summed E-state index contributed by atoms with van der Waals surface area (Å²) in [5.41, 5.74) is 3.70. The Hall–Kier alpha value is -3.48. The van der Waals surface area contributed by atoms with Crippen LogP contribution >= 0.6 is 0 Å². The predicted molar refractivity (Wildman–Crippen MR) is 96.1 cm³/mol. The molecule has 2 N–H and O–H groups in total. The molecular formula is C19H18FN3O3. The first-order valence-corrected chi connectivity index (χ1v) is 7.78. The fourth-order valence-corrected chi connectivity index (χ4v) is 1.86. The number of ether oxygens (including phenoxy) is 1. The molecule has 2 amide bonds. The molecule has 2 rings (SSSR count). The molecule has 2 aromatic carbocycles. The van der Waals surface area contributed by atoms with Crippen LogP contribution in [0.4, 0.5) is 4.39 Å². The number of benzene rings is 2. The number of hydrogen-bond acceptors (Lipinski definition) is 4. The smallest absolute Gasteiger partial charge is 0.329 e. The van der Waals surface area contributed by atoms with Crippen molar-refractivity contribution in [2.75, 3.05) is 6.54 Å². The molecule has 134 valence electrons. The van der Waals surface area contributed by atoms with E-state index in [0.717, 1.165) is 5.56 Å². The molecule has 7 heteroatoms. The number of hydrazone groups is 1. The van der Waals surface area contributed by atoms with E-state index in [-0.39, 0.29) is 12.4 Å². The van der Waals surface area contributed by atoms with Crippen LogP contribution in [0.25, 0.3) is 0 Å². The molecule has 0 aliphatic heterocycles. The maximum absolute atomic E-state index is 12.8. The van der Waals surface area contributed by atoms with Gasteiger partial charge < -0.3 is 10.1 Å². The Balaban J connectivity index is 1.81. The molecule has 0 heterocycles. The van der Waals surface area contributed by atoms with Crippen LogP contribution in [0.2, 0.25) is 0 Å². The lowest BCUT2D eigenvalue weighted by Crippen LogP contribution is -2.37. The molecule has 2 aromatic rings. The molecular weight excluding hydrogens is 337 g/mol. The van der Waals surface area contributed by atoms with Crippen LogP contribution < -0.4 is 15.5 Å². The third kappa shape index (κ3) is 6.20. The van der Waals surface area contributed by atoms with Gasteiger partial charge in [0.2, 0.25) is 0 Å². The monoisotopic (exact) mass is 355 g/mol. The van der Waals surface area contributed by atoms with Gasteiger partial charge in [0.1, 0.15) is 18.2 Å². The van der Waals surface area contributed by atoms with Crippen LogP contribution in [0.5, 0.6) is 5.75 Å². The topological polar surface area (TPSA) is 79.8 Å². The summed E-state index contributed by atoms with van der Waals surface area (Å²) in [5, 5.41) is 6.05. The highest BCUT2D eigenvalue weighted by Crippen LogP contribution is 2.13. The minimum Gasteiger partial charge on any atom is -0.489 e. The van der Waals surface area contributed by atoms with E-state index < -0.39 is 11.8 Å². The summed E-state index contributed by atoms with van der Waals surface area (Å²) in [5.74, 6) is -1.30. The second kappa shape index (κ2) is 9.73. The third-order valence-corrected chi connectivity index (χ3v) is 3.19. The lowest BCUT2D eigenvalue weighted by atomic mass is 10.2. The van der Waals surface area contributed by atoms with E-state index in [2.05, 4.69) is 22.4 Å². The zero-order chi connectivity index (χ0) is 18.8. The van der Waals surface area contributed by atoms with Crippen LogP contribution in [0, 0.1) is 5.82 Å². The zero-order valence-electron chi connectivity index (χ0n) is 13.9. The Morgan fingerprint density at radius 1 is 1.08 bits per heavy atom. The van der Waals surface area contributed by atoms with E-state index >= 15 is 0 Å². The quantitative estimate of drug-likeness (QED) is 0.346. The van der Waals surface area contributed by atoms with Crippen LogP contribution in [-0.4, -0.2) is 24.6 Å². The molecule has 0 radical (unpaired) electrons. The van der Waals surface area contributed by atoms with E-state index in [9.17, 15) is 14.0 Å². The van der Waals surface area contributed by atoms with Crippen LogP contribution in [-0.2, 0) is 16.2 Å². The number of nitrogens with one attached hydrogen (secondary N) is 2. The van der Waals surface area contributed by atoms with Crippen molar-refractivity contribution in [3.05, 3.63) is 78.1 Å². The molecule has 6 nitrogen and oxygen atoms in total. The van der Waals surface area contributed by atoms with Crippen molar-refractivity contribution < 1.29 is 18.7 Å². The Morgan fingerprint density at radius 2 is 1.77 bits per heavy atom. The molecule has 0 atom stereocenters. The number of rotatable bonds is 7. The fraction of sp³-hybridized carbons (Fsp3) is 0.105. The average Bonchev–Trinajstić information content (AvgIpc) is 2.66. The Labute approximate surface area is 150 Å². The van der Waals surface area contributed by atoms with E-state index in [1.54, 1.807) is 36.4 Å². The van der Waals surface area contributed by atoms with Gasteiger partial charge in [-0.05, 0) is 47.5 Å². The van der Waals surface area contributed by atoms with Gasteiger partial charge in [-0.1, -0.05) is 18.2 Å². The predicted octanol–water partition coefficient (Wildman–Crippen LogP) is 2.16. The van der Waals surface area contributed by atoms with Gasteiger partial charge >= 0.3 is 11.8 Å². The van der Waals surface area contributed by atoms with Gasteiger partial charge in [0.05, 0.1) is 6.21 Å². The summed E-state index contributed by atoms with van der Waals surface area (Å²) in [6, 6.07) is 13.0. The Bertz CT molecular complexity index is 787. The largest absolute Gasteiger partial charge is 0.489 e. The maximum Gasteiger partial charge on any atom is 0.329 e. The van der Waals surface area contributed by atoms with Gasteiger partial charge in [-0.25, -0.2) is 9.82 Å². The van der Waals surface area contributed by atoms with E-state index in [4.69, 9.17) is 4.74 Å². The van der Waals surface area contributed by atoms with Crippen LogP contribution in [0.1, 0.15) is 11.1 Å². The highest BCUT2D eigenvalue weighted by atomic mass is 19.1. The minimum atomic E-state index is -0.859. The second-order valence-corrected chi connectivity index (χ2v) is 5.18. The molecule has 0 saturated carbocycles. The highest BCUT2D eigenvalue weighted by molar-refractivity contribution is 6.35. The number of carbonyl (C=O) groups is 2. The Morgan fingerprint density at radius 3 is 2.42 bits per heavy atom. The summed E-state index contributed by atoms with van der Waals surface area (Å²) in [6.45, 7) is 3.96. The average molecular weight is 355 g/mol. The maximum atomic E-state index is 12.8. The van der Waals surface area contributed by atoms with Gasteiger partial charge in [0, 0.05) is 6.54 Å². The number of hydrogen-bond donors (Lipinski definition) is 2. The molecule has 0 unspecified atom stereocenters. The molecule has 0 aliphatic rings. The minimum absolute atomic E-state index is 0.204. The van der Waals surface area contributed by atoms with Gasteiger partial charge in [0.25, 0.3) is 0 Å². The van der Waals surface area contributed by atoms with Gasteiger partial charge in [-0.15, -0.1) is 6.58 Å². The van der Waals surface area contributed by atoms with Crippen molar-refractivity contribution in [2.45, 2.75) is 6.61 Å². The second-order valence-electron chi connectivity index (χ2n) is 5.18. The van der Waals surface area contributed by atoms with E-state index in [1.807, 2.05) is 0 Å². The summed E-state index contributed by atoms with van der Waals surface area (Å²) in [7, 11) is 0. The van der Waals surface area contributed by atoms with Gasteiger partial charge in [-0.3, -0.25) is 9.59 Å². The summed E-state index contributed by atoms with van der Waals surface area (Å²) in [6.07, 6.45) is 2.87. The van der Waals surface area contributed by atoms with Crippen molar-refractivity contribution >= 4 is 18.0 Å². The summed E-state index contributed by atoms with van der Waals surface area (Å²) < 4.78 is 18.4. The standard InChI is InChI=1S/C19H18FN3O3/c1-2-11-21-18(24)19(25)23-22-12-14-5-9-17(10-6-14)26-13-15-3-7-16(20)8-4-15/h2-10,12H,1,11,13H2,(H,21,24)(H,23,25)/b22-12-. The van der Waals surface area contributed by atoms with E-state index in [0.29, 0.717) is 17.9 Å². The fourth-order valence-electron chi connectivity index (χ4n) is 1.86. The zero-order valence-corrected chi connectivity index (χ0v) is 13.9. The van der Waals surface area contributed by atoms with Gasteiger partial charge in [-0.2, -0.15) is 5.10 Å².